The fraction of sp³-hybridized carbons (Fsp3) is 0.565. The summed E-state index contributed by atoms with van der Waals surface area (Å²) >= 11 is 0. The summed E-state index contributed by atoms with van der Waals surface area (Å²) in [7, 11) is 0. The zero-order chi connectivity index (χ0) is 20.2. The maximum atomic E-state index is 12.2. The highest BCUT2D eigenvalue weighted by molar-refractivity contribution is 5.75. The Labute approximate surface area is 168 Å². The minimum Gasteiger partial charge on any atom is -0.494 e. The number of benzene rings is 1. The Kier molecular flexibility index (Phi) is 9.60. The van der Waals surface area contributed by atoms with E-state index >= 15 is 0 Å². The molecule has 0 aliphatic rings. The third kappa shape index (κ3) is 6.70. The molecular weight excluding hydrogens is 352 g/mol. The highest BCUT2D eigenvalue weighted by atomic mass is 16.5. The molecule has 0 aliphatic carbocycles. The van der Waals surface area contributed by atoms with Gasteiger partial charge in [-0.15, -0.1) is 0 Å². The highest BCUT2D eigenvalue weighted by Gasteiger charge is 2.11. The molecule has 0 radical (unpaired) electrons. The molecule has 1 aromatic carbocycles. The Morgan fingerprint density at radius 2 is 1.50 bits per heavy atom. The molecule has 154 valence electrons. The number of H-pyrrole nitrogens is 1. The van der Waals surface area contributed by atoms with Crippen molar-refractivity contribution in [3.63, 3.8) is 0 Å². The van der Waals surface area contributed by atoms with Crippen LogP contribution < -0.4 is 10.3 Å². The van der Waals surface area contributed by atoms with Gasteiger partial charge in [0, 0.05) is 5.69 Å². The second kappa shape index (κ2) is 12.2. The molecule has 1 N–H and O–H groups in total. The number of rotatable bonds is 14. The lowest BCUT2D eigenvalue weighted by Gasteiger charge is -2.08. The van der Waals surface area contributed by atoms with Crippen molar-refractivity contribution in [1.82, 2.24) is 9.78 Å². The highest BCUT2D eigenvalue weighted by Crippen LogP contribution is 2.16. The number of ether oxygens (including phenoxy) is 1. The van der Waals surface area contributed by atoms with Gasteiger partial charge in [-0.1, -0.05) is 64.7 Å². The van der Waals surface area contributed by atoms with Gasteiger partial charge >= 0.3 is 0 Å². The SMILES string of the molecule is CCCCCCCCCCCCOc1ccc(-n2[nH]c(C)c(C=O)c2=O)cc1. The molecule has 28 heavy (non-hydrogen) atoms. The number of nitrogens with zero attached hydrogens (tertiary/aromatic N) is 1. The summed E-state index contributed by atoms with van der Waals surface area (Å²) in [6.07, 6.45) is 13.7. The van der Waals surface area contributed by atoms with Gasteiger partial charge in [0.25, 0.3) is 5.56 Å². The lowest BCUT2D eigenvalue weighted by Crippen LogP contribution is -2.16. The smallest absolute Gasteiger partial charge is 0.282 e. The topological polar surface area (TPSA) is 64.1 Å². The molecule has 0 amide bonds. The van der Waals surface area contributed by atoms with Crippen molar-refractivity contribution in [2.45, 2.75) is 78.1 Å². The van der Waals surface area contributed by atoms with Crippen LogP contribution in [0.5, 0.6) is 5.75 Å². The van der Waals surface area contributed by atoms with Crippen LogP contribution in [-0.2, 0) is 0 Å². The number of unbranched alkanes of at least 4 members (excludes halogenated alkanes) is 9. The Balaban J connectivity index is 1.64. The van der Waals surface area contributed by atoms with Crippen LogP contribution in [0, 0.1) is 6.92 Å². The lowest BCUT2D eigenvalue weighted by atomic mass is 10.1. The van der Waals surface area contributed by atoms with Gasteiger partial charge in [-0.25, -0.2) is 4.68 Å². The predicted octanol–water partition coefficient (Wildman–Crippen LogP) is 5.59. The van der Waals surface area contributed by atoms with Crippen LogP contribution >= 0.6 is 0 Å². The van der Waals surface area contributed by atoms with Gasteiger partial charge in [0.1, 0.15) is 11.3 Å². The predicted molar refractivity (Wildman–Crippen MR) is 114 cm³/mol. The summed E-state index contributed by atoms with van der Waals surface area (Å²) in [5.41, 5.74) is 1.10. The number of hydrogen-bond donors (Lipinski definition) is 1. The minimum atomic E-state index is -0.327. The summed E-state index contributed by atoms with van der Waals surface area (Å²) in [5, 5.41) is 2.92. The average Bonchev–Trinajstić information content (AvgIpc) is 3.00. The molecule has 0 saturated heterocycles. The first-order valence-electron chi connectivity index (χ1n) is 10.7. The first-order valence-corrected chi connectivity index (χ1v) is 10.7. The molecule has 0 fully saturated rings. The maximum Gasteiger partial charge on any atom is 0.282 e. The van der Waals surface area contributed by atoms with E-state index in [2.05, 4.69) is 12.0 Å². The van der Waals surface area contributed by atoms with Crippen LogP contribution in [0.1, 0.15) is 87.2 Å². The number of nitrogens with one attached hydrogen (secondary N) is 1. The summed E-state index contributed by atoms with van der Waals surface area (Å²) in [6, 6.07) is 7.35. The van der Waals surface area contributed by atoms with Crippen LogP contribution in [0.2, 0.25) is 0 Å². The summed E-state index contributed by atoms with van der Waals surface area (Å²) in [5.74, 6) is 0.798. The van der Waals surface area contributed by atoms with Crippen molar-refractivity contribution in [1.29, 1.82) is 0 Å². The third-order valence-corrected chi connectivity index (χ3v) is 5.10. The molecule has 2 rings (SSSR count). The fourth-order valence-electron chi connectivity index (χ4n) is 3.35. The van der Waals surface area contributed by atoms with E-state index in [0.717, 1.165) is 12.2 Å². The fourth-order valence-corrected chi connectivity index (χ4v) is 3.35. The van der Waals surface area contributed by atoms with Crippen LogP contribution in [-0.4, -0.2) is 22.7 Å². The molecule has 0 unspecified atom stereocenters. The largest absolute Gasteiger partial charge is 0.494 e. The molecular formula is C23H34N2O3. The maximum absolute atomic E-state index is 12.2. The van der Waals surface area contributed by atoms with E-state index in [-0.39, 0.29) is 11.1 Å². The van der Waals surface area contributed by atoms with Gasteiger partial charge < -0.3 is 4.74 Å². The molecule has 2 aromatic rings. The van der Waals surface area contributed by atoms with E-state index in [4.69, 9.17) is 4.74 Å². The van der Waals surface area contributed by atoms with Crippen LogP contribution in [0.25, 0.3) is 5.69 Å². The molecule has 5 nitrogen and oxygen atoms in total. The van der Waals surface area contributed by atoms with Gasteiger partial charge in [0.05, 0.1) is 12.3 Å². The second-order valence-electron chi connectivity index (χ2n) is 7.43. The lowest BCUT2D eigenvalue weighted by molar-refractivity contribution is 0.112. The summed E-state index contributed by atoms with van der Waals surface area (Å²) in [4.78, 5) is 23.1. The second-order valence-corrected chi connectivity index (χ2v) is 7.43. The summed E-state index contributed by atoms with van der Waals surface area (Å²) < 4.78 is 7.18. The quantitative estimate of drug-likeness (QED) is 0.340. The average molecular weight is 387 g/mol. The normalized spacial score (nSPS) is 10.9. The van der Waals surface area contributed by atoms with Crippen LogP contribution in [0.3, 0.4) is 0 Å². The Bertz CT molecular complexity index is 759. The van der Waals surface area contributed by atoms with E-state index in [1.165, 1.54) is 62.5 Å². The molecule has 0 bridgehead atoms. The van der Waals surface area contributed by atoms with E-state index in [0.29, 0.717) is 24.3 Å². The first kappa shape index (κ1) is 22.0. The monoisotopic (exact) mass is 386 g/mol. The summed E-state index contributed by atoms with van der Waals surface area (Å²) in [6.45, 7) is 4.68. The van der Waals surface area contributed by atoms with Crippen LogP contribution in [0.15, 0.2) is 29.1 Å². The molecule has 1 aromatic heterocycles. The van der Waals surface area contributed by atoms with Crippen molar-refractivity contribution in [2.24, 2.45) is 0 Å². The Hall–Kier alpha value is -2.30. The number of aromatic nitrogens is 2. The van der Waals surface area contributed by atoms with Crippen molar-refractivity contribution < 1.29 is 9.53 Å². The molecule has 0 saturated carbocycles. The van der Waals surface area contributed by atoms with Crippen molar-refractivity contribution in [2.75, 3.05) is 6.61 Å². The van der Waals surface area contributed by atoms with Gasteiger partial charge in [0.2, 0.25) is 0 Å². The van der Waals surface area contributed by atoms with Crippen LogP contribution in [0.4, 0.5) is 0 Å². The molecule has 1 heterocycles. The van der Waals surface area contributed by atoms with Crippen molar-refractivity contribution in [3.05, 3.63) is 45.9 Å². The van der Waals surface area contributed by atoms with E-state index in [9.17, 15) is 9.59 Å². The zero-order valence-electron chi connectivity index (χ0n) is 17.3. The number of carbonyl (C=O) groups excluding carboxylic acids is 1. The minimum absolute atomic E-state index is 0.168. The molecule has 5 heteroatoms. The van der Waals surface area contributed by atoms with E-state index in [1.54, 1.807) is 6.92 Å². The number of aldehydes is 1. The van der Waals surface area contributed by atoms with Gasteiger partial charge in [-0.05, 0) is 37.6 Å². The van der Waals surface area contributed by atoms with Gasteiger partial charge in [0.15, 0.2) is 6.29 Å². The zero-order valence-corrected chi connectivity index (χ0v) is 17.3. The number of aryl methyl sites for hydroxylation is 1. The van der Waals surface area contributed by atoms with Gasteiger partial charge in [-0.3, -0.25) is 14.7 Å². The number of carbonyl (C=O) groups is 1. The van der Waals surface area contributed by atoms with E-state index in [1.807, 2.05) is 24.3 Å². The standard InChI is InChI=1S/C23H34N2O3/c1-3-4-5-6-7-8-9-10-11-12-17-28-21-15-13-20(14-16-21)25-23(27)22(18-26)19(2)24-25/h13-16,18,24H,3-12,17H2,1-2H3. The molecule has 0 spiro atoms. The van der Waals surface area contributed by atoms with E-state index < -0.39 is 0 Å². The van der Waals surface area contributed by atoms with Gasteiger partial charge in [-0.2, -0.15) is 0 Å². The first-order chi connectivity index (χ1) is 13.7. The van der Waals surface area contributed by atoms with Crippen molar-refractivity contribution >= 4 is 6.29 Å². The molecule has 0 atom stereocenters. The molecule has 0 aliphatic heterocycles. The number of hydrogen-bond acceptors (Lipinski definition) is 3. The third-order valence-electron chi connectivity index (χ3n) is 5.10. The number of aromatic amines is 1. The van der Waals surface area contributed by atoms with Crippen molar-refractivity contribution in [3.8, 4) is 11.4 Å². The Morgan fingerprint density at radius 1 is 0.929 bits per heavy atom. The Morgan fingerprint density at radius 3 is 2.04 bits per heavy atom.